The molecular weight excluding hydrogens is 224 g/mol. The molecule has 2 rings (SSSR count). The predicted molar refractivity (Wildman–Crippen MR) is 60.9 cm³/mol. The summed E-state index contributed by atoms with van der Waals surface area (Å²) in [5.41, 5.74) is -0.450. The molecule has 1 aromatic rings. The number of hydrogen-bond donors (Lipinski definition) is 2. The van der Waals surface area contributed by atoms with Crippen molar-refractivity contribution in [1.82, 2.24) is 9.55 Å². The van der Waals surface area contributed by atoms with E-state index in [0.29, 0.717) is 18.4 Å². The third-order valence-corrected chi connectivity index (χ3v) is 3.06. The van der Waals surface area contributed by atoms with Gasteiger partial charge in [-0.15, -0.1) is 0 Å². The quantitative estimate of drug-likeness (QED) is 0.756. The van der Waals surface area contributed by atoms with Crippen molar-refractivity contribution < 1.29 is 9.84 Å². The number of hydrogen-bond acceptors (Lipinski definition) is 4. The third kappa shape index (κ3) is 2.18. The van der Waals surface area contributed by atoms with Gasteiger partial charge in [-0.2, -0.15) is 0 Å². The van der Waals surface area contributed by atoms with E-state index in [-0.39, 0.29) is 6.10 Å². The van der Waals surface area contributed by atoms with Gasteiger partial charge in [0.1, 0.15) is 6.23 Å². The van der Waals surface area contributed by atoms with Crippen molar-refractivity contribution >= 4 is 0 Å². The molecule has 1 aliphatic rings. The van der Waals surface area contributed by atoms with Gasteiger partial charge in [-0.3, -0.25) is 14.3 Å². The Morgan fingerprint density at radius 1 is 1.59 bits per heavy atom. The highest BCUT2D eigenvalue weighted by atomic mass is 16.5. The third-order valence-electron chi connectivity index (χ3n) is 3.06. The van der Waals surface area contributed by atoms with Gasteiger partial charge in [-0.25, -0.2) is 4.79 Å². The number of nitrogens with zero attached hydrogens (tertiary/aromatic N) is 1. The topological polar surface area (TPSA) is 84.3 Å². The molecule has 1 unspecified atom stereocenters. The second-order valence-electron chi connectivity index (χ2n) is 4.32. The summed E-state index contributed by atoms with van der Waals surface area (Å²) in [5, 5.41) is 9.72. The zero-order valence-corrected chi connectivity index (χ0v) is 9.84. The Bertz CT molecular complexity index is 519. The van der Waals surface area contributed by atoms with E-state index >= 15 is 0 Å². The summed E-state index contributed by atoms with van der Waals surface area (Å²) in [6.45, 7) is 3.54. The van der Waals surface area contributed by atoms with Crippen molar-refractivity contribution in [3.63, 3.8) is 0 Å². The van der Waals surface area contributed by atoms with Gasteiger partial charge in [0.2, 0.25) is 0 Å². The standard InChI is InChI=1S/C11H16N2O4/c1-3-8-7(14)4-9(17-8)13-5-6(2)10(15)12-11(13)16/h5,7-9,14H,3-4H2,1-2H3,(H,12,15,16)/t7-,8?,9-/m1/s1. The highest BCUT2D eigenvalue weighted by Gasteiger charge is 2.34. The van der Waals surface area contributed by atoms with Crippen molar-refractivity contribution in [2.45, 2.75) is 45.1 Å². The molecule has 0 saturated carbocycles. The maximum absolute atomic E-state index is 11.6. The highest BCUT2D eigenvalue weighted by molar-refractivity contribution is 5.01. The molecule has 3 atom stereocenters. The summed E-state index contributed by atoms with van der Waals surface area (Å²) < 4.78 is 6.90. The average Bonchev–Trinajstić information content (AvgIpc) is 2.65. The first-order chi connectivity index (χ1) is 8.02. The van der Waals surface area contributed by atoms with Gasteiger partial charge in [0, 0.05) is 18.2 Å². The number of aliphatic hydroxyl groups excluding tert-OH is 1. The number of H-pyrrole nitrogens is 1. The molecule has 0 amide bonds. The lowest BCUT2D eigenvalue weighted by molar-refractivity contribution is -0.0218. The predicted octanol–water partition coefficient (Wildman–Crippen LogP) is -0.0966. The normalized spacial score (nSPS) is 28.5. The van der Waals surface area contributed by atoms with Crippen LogP contribution in [0.25, 0.3) is 0 Å². The average molecular weight is 240 g/mol. The summed E-state index contributed by atoms with van der Waals surface area (Å²) in [6, 6.07) is 0. The van der Waals surface area contributed by atoms with E-state index in [0.717, 1.165) is 0 Å². The van der Waals surface area contributed by atoms with Crippen LogP contribution in [0.5, 0.6) is 0 Å². The van der Waals surface area contributed by atoms with E-state index in [9.17, 15) is 14.7 Å². The van der Waals surface area contributed by atoms with Gasteiger partial charge >= 0.3 is 5.69 Å². The van der Waals surface area contributed by atoms with E-state index in [2.05, 4.69) is 4.98 Å². The Morgan fingerprint density at radius 3 is 2.88 bits per heavy atom. The number of ether oxygens (including phenoxy) is 1. The first-order valence-electron chi connectivity index (χ1n) is 5.68. The van der Waals surface area contributed by atoms with Crippen molar-refractivity contribution in [2.24, 2.45) is 0 Å². The minimum atomic E-state index is -0.566. The second-order valence-corrected chi connectivity index (χ2v) is 4.32. The molecule has 0 spiro atoms. The second kappa shape index (κ2) is 4.46. The fourth-order valence-corrected chi connectivity index (χ4v) is 2.05. The summed E-state index contributed by atoms with van der Waals surface area (Å²) in [5.74, 6) is 0. The Labute approximate surface area is 97.9 Å². The van der Waals surface area contributed by atoms with Crippen LogP contribution in [0.15, 0.2) is 15.8 Å². The van der Waals surface area contributed by atoms with Crippen LogP contribution in [-0.2, 0) is 4.74 Å². The fourth-order valence-electron chi connectivity index (χ4n) is 2.05. The molecule has 1 aliphatic heterocycles. The molecule has 17 heavy (non-hydrogen) atoms. The zero-order chi connectivity index (χ0) is 12.6. The smallest absolute Gasteiger partial charge is 0.330 e. The van der Waals surface area contributed by atoms with Crippen molar-refractivity contribution in [1.29, 1.82) is 0 Å². The molecule has 6 nitrogen and oxygen atoms in total. The highest BCUT2D eigenvalue weighted by Crippen LogP contribution is 2.28. The van der Waals surface area contributed by atoms with Crippen LogP contribution in [0.3, 0.4) is 0 Å². The van der Waals surface area contributed by atoms with Gasteiger partial charge in [0.15, 0.2) is 0 Å². The Kier molecular flexibility index (Phi) is 3.17. The molecule has 2 heterocycles. The molecule has 1 aromatic heterocycles. The maximum Gasteiger partial charge on any atom is 0.330 e. The Hall–Kier alpha value is -1.40. The van der Waals surface area contributed by atoms with Crippen LogP contribution in [0, 0.1) is 6.92 Å². The molecule has 94 valence electrons. The number of aromatic nitrogens is 2. The Balaban J connectivity index is 2.34. The molecular formula is C11H16N2O4. The summed E-state index contributed by atoms with van der Waals surface area (Å²) in [4.78, 5) is 25.1. The minimum absolute atomic E-state index is 0.251. The lowest BCUT2D eigenvalue weighted by Crippen LogP contribution is -2.33. The van der Waals surface area contributed by atoms with Crippen LogP contribution < -0.4 is 11.2 Å². The summed E-state index contributed by atoms with van der Waals surface area (Å²) >= 11 is 0. The van der Waals surface area contributed by atoms with E-state index in [4.69, 9.17) is 4.74 Å². The number of aliphatic hydroxyl groups is 1. The van der Waals surface area contributed by atoms with Crippen LogP contribution >= 0.6 is 0 Å². The fraction of sp³-hybridized carbons (Fsp3) is 0.636. The van der Waals surface area contributed by atoms with E-state index in [1.165, 1.54) is 10.8 Å². The van der Waals surface area contributed by atoms with Crippen LogP contribution in [0.4, 0.5) is 0 Å². The van der Waals surface area contributed by atoms with Crippen LogP contribution in [0.1, 0.15) is 31.6 Å². The van der Waals surface area contributed by atoms with Crippen molar-refractivity contribution in [3.8, 4) is 0 Å². The van der Waals surface area contributed by atoms with Gasteiger partial charge < -0.3 is 9.84 Å². The lowest BCUT2D eigenvalue weighted by atomic mass is 10.1. The largest absolute Gasteiger partial charge is 0.390 e. The van der Waals surface area contributed by atoms with E-state index in [1.54, 1.807) is 6.92 Å². The molecule has 1 saturated heterocycles. The van der Waals surface area contributed by atoms with Crippen LogP contribution in [-0.4, -0.2) is 26.9 Å². The minimum Gasteiger partial charge on any atom is -0.390 e. The van der Waals surface area contributed by atoms with Gasteiger partial charge in [-0.1, -0.05) is 6.92 Å². The first-order valence-corrected chi connectivity index (χ1v) is 5.68. The van der Waals surface area contributed by atoms with E-state index in [1.807, 2.05) is 6.92 Å². The molecule has 0 aromatic carbocycles. The van der Waals surface area contributed by atoms with Gasteiger partial charge in [0.05, 0.1) is 12.2 Å². The maximum atomic E-state index is 11.6. The van der Waals surface area contributed by atoms with Crippen molar-refractivity contribution in [3.05, 3.63) is 32.6 Å². The van der Waals surface area contributed by atoms with Gasteiger partial charge in [0.25, 0.3) is 5.56 Å². The summed E-state index contributed by atoms with van der Waals surface area (Å²) in [6.07, 6.45) is 1.20. The monoisotopic (exact) mass is 240 g/mol. The summed E-state index contributed by atoms with van der Waals surface area (Å²) in [7, 11) is 0. The molecule has 2 N–H and O–H groups in total. The number of aryl methyl sites for hydroxylation is 1. The van der Waals surface area contributed by atoms with E-state index < -0.39 is 23.6 Å². The molecule has 0 aliphatic carbocycles. The number of rotatable bonds is 2. The molecule has 0 radical (unpaired) electrons. The Morgan fingerprint density at radius 2 is 2.29 bits per heavy atom. The number of nitrogens with one attached hydrogen (secondary N) is 1. The zero-order valence-electron chi connectivity index (χ0n) is 9.84. The number of aromatic amines is 1. The van der Waals surface area contributed by atoms with Gasteiger partial charge in [-0.05, 0) is 13.3 Å². The van der Waals surface area contributed by atoms with Crippen LogP contribution in [0.2, 0.25) is 0 Å². The molecule has 6 heteroatoms. The molecule has 0 bridgehead atoms. The molecule has 1 fully saturated rings. The SMILES string of the molecule is CCC1O[C@@H](n2cc(C)c(=O)[nH]c2=O)C[C@H]1O. The lowest BCUT2D eigenvalue weighted by Gasteiger charge is -2.14. The van der Waals surface area contributed by atoms with Crippen molar-refractivity contribution in [2.75, 3.05) is 0 Å². The first kappa shape index (κ1) is 12.1.